The van der Waals surface area contributed by atoms with Crippen LogP contribution in [0.5, 0.6) is 0 Å². The molecule has 1 aromatic heterocycles. The Labute approximate surface area is 138 Å². The summed E-state index contributed by atoms with van der Waals surface area (Å²) >= 11 is 1.40. The van der Waals surface area contributed by atoms with Gasteiger partial charge in [-0.15, -0.1) is 11.3 Å². The molecule has 6 nitrogen and oxygen atoms in total. The van der Waals surface area contributed by atoms with E-state index in [9.17, 15) is 13.2 Å². The van der Waals surface area contributed by atoms with Gasteiger partial charge in [-0.25, -0.2) is 13.8 Å². The fraction of sp³-hybridized carbons (Fsp3) is 0.200. The van der Waals surface area contributed by atoms with Gasteiger partial charge < -0.3 is 0 Å². The van der Waals surface area contributed by atoms with Crippen LogP contribution >= 0.6 is 11.3 Å². The van der Waals surface area contributed by atoms with E-state index in [0.717, 1.165) is 10.4 Å². The van der Waals surface area contributed by atoms with Crippen molar-refractivity contribution < 1.29 is 13.2 Å². The molecule has 0 aliphatic carbocycles. The van der Waals surface area contributed by atoms with E-state index in [0.29, 0.717) is 17.0 Å². The van der Waals surface area contributed by atoms with E-state index < -0.39 is 10.0 Å². The van der Waals surface area contributed by atoms with E-state index >= 15 is 0 Å². The molecule has 3 rings (SSSR count). The Morgan fingerprint density at radius 1 is 1.26 bits per heavy atom. The van der Waals surface area contributed by atoms with Crippen LogP contribution in [0.4, 0.5) is 5.69 Å². The Balaban J connectivity index is 1.87. The van der Waals surface area contributed by atoms with Gasteiger partial charge in [0.15, 0.2) is 0 Å². The third kappa shape index (κ3) is 2.99. The van der Waals surface area contributed by atoms with Crippen LogP contribution < -0.4 is 9.73 Å². The Bertz CT molecular complexity index is 883. The molecule has 1 aliphatic heterocycles. The number of carbonyl (C=O) groups is 1. The molecule has 0 saturated carbocycles. The number of carbonyl (C=O) groups excluding carboxylic acids is 1. The van der Waals surface area contributed by atoms with Gasteiger partial charge in [-0.2, -0.15) is 5.10 Å². The van der Waals surface area contributed by atoms with Crippen molar-refractivity contribution in [2.75, 3.05) is 17.1 Å². The summed E-state index contributed by atoms with van der Waals surface area (Å²) in [4.78, 5) is 12.9. The fourth-order valence-electron chi connectivity index (χ4n) is 2.22. The zero-order valence-corrected chi connectivity index (χ0v) is 14.2. The van der Waals surface area contributed by atoms with Gasteiger partial charge in [0.2, 0.25) is 10.0 Å². The number of thiophene rings is 1. The summed E-state index contributed by atoms with van der Waals surface area (Å²) in [5.41, 5.74) is 4.91. The first-order chi connectivity index (χ1) is 10.9. The highest BCUT2D eigenvalue weighted by molar-refractivity contribution is 7.93. The van der Waals surface area contributed by atoms with Gasteiger partial charge in [0.05, 0.1) is 16.3 Å². The zero-order valence-electron chi connectivity index (χ0n) is 12.6. The quantitative estimate of drug-likeness (QED) is 0.842. The Hall–Kier alpha value is -2.19. The fourth-order valence-corrected chi connectivity index (χ4v) is 4.48. The molecule has 23 heavy (non-hydrogen) atoms. The molecule has 2 aromatic rings. The Morgan fingerprint density at radius 3 is 2.65 bits per heavy atom. The highest BCUT2D eigenvalue weighted by atomic mass is 32.2. The van der Waals surface area contributed by atoms with Crippen LogP contribution in [0.15, 0.2) is 40.8 Å². The van der Waals surface area contributed by atoms with Gasteiger partial charge in [-0.3, -0.25) is 9.10 Å². The molecule has 0 atom stereocenters. The van der Waals surface area contributed by atoms with Crippen LogP contribution in [0.2, 0.25) is 0 Å². The van der Waals surface area contributed by atoms with Crippen LogP contribution in [0.3, 0.4) is 0 Å². The largest absolute Gasteiger partial charge is 0.271 e. The third-order valence-corrected chi connectivity index (χ3v) is 6.21. The van der Waals surface area contributed by atoms with E-state index in [-0.39, 0.29) is 11.7 Å². The minimum atomic E-state index is -3.45. The number of rotatable bonds is 2. The van der Waals surface area contributed by atoms with Gasteiger partial charge >= 0.3 is 0 Å². The van der Waals surface area contributed by atoms with Crippen molar-refractivity contribution >= 4 is 38.7 Å². The van der Waals surface area contributed by atoms with E-state index in [4.69, 9.17) is 0 Å². The van der Waals surface area contributed by atoms with Crippen molar-refractivity contribution in [2.45, 2.75) is 6.92 Å². The molecule has 0 unspecified atom stereocenters. The number of nitrogens with one attached hydrogen (secondary N) is 1. The minimum Gasteiger partial charge on any atom is -0.271 e. The number of hydrogen-bond acceptors (Lipinski definition) is 5. The molecule has 2 heterocycles. The number of hydrazone groups is 1. The number of sulfonamides is 1. The second-order valence-corrected chi connectivity index (χ2v) is 8.14. The Kier molecular flexibility index (Phi) is 3.95. The van der Waals surface area contributed by atoms with Gasteiger partial charge in [-0.05, 0) is 30.5 Å². The van der Waals surface area contributed by atoms with Gasteiger partial charge in [-0.1, -0.05) is 17.7 Å². The van der Waals surface area contributed by atoms with E-state index in [1.807, 2.05) is 19.1 Å². The van der Waals surface area contributed by atoms with Crippen LogP contribution in [0.25, 0.3) is 0 Å². The molecular formula is C15H15N3O3S2. The lowest BCUT2D eigenvalue weighted by molar-refractivity contribution is 0.0955. The Morgan fingerprint density at radius 2 is 1.96 bits per heavy atom. The summed E-state index contributed by atoms with van der Waals surface area (Å²) in [5, 5.41) is 5.85. The average Bonchev–Trinajstić information content (AvgIpc) is 2.99. The zero-order chi connectivity index (χ0) is 16.6. The average molecular weight is 349 g/mol. The molecule has 0 saturated heterocycles. The summed E-state index contributed by atoms with van der Waals surface area (Å²) in [7, 11) is -1.94. The number of hydrogen-bond donors (Lipinski definition) is 1. The molecule has 1 aliphatic rings. The van der Waals surface area contributed by atoms with E-state index in [2.05, 4.69) is 10.5 Å². The minimum absolute atomic E-state index is 0.231. The molecule has 0 fully saturated rings. The number of nitrogens with zero attached hydrogens (tertiary/aromatic N) is 2. The maximum absolute atomic E-state index is 12.1. The lowest BCUT2D eigenvalue weighted by Crippen LogP contribution is -2.38. The predicted octanol–water partition coefficient (Wildman–Crippen LogP) is 1.97. The highest BCUT2D eigenvalue weighted by Crippen LogP contribution is 2.32. The van der Waals surface area contributed by atoms with Crippen molar-refractivity contribution in [2.24, 2.45) is 5.10 Å². The topological polar surface area (TPSA) is 78.8 Å². The number of aryl methyl sites for hydroxylation is 1. The van der Waals surface area contributed by atoms with Crippen molar-refractivity contribution in [3.05, 3.63) is 51.7 Å². The SMILES string of the molecule is Cc1ccc(C(=O)NN=C2CS(=O)(=O)N(C)c3ccsc32)cc1. The number of fused-ring (bicyclic) bond motifs is 1. The van der Waals surface area contributed by atoms with E-state index in [1.54, 1.807) is 23.6 Å². The van der Waals surface area contributed by atoms with Crippen molar-refractivity contribution in [3.8, 4) is 0 Å². The number of anilines is 1. The number of amides is 1. The van der Waals surface area contributed by atoms with Crippen molar-refractivity contribution in [1.82, 2.24) is 5.43 Å². The molecule has 1 amide bonds. The van der Waals surface area contributed by atoms with Gasteiger partial charge in [0.25, 0.3) is 5.91 Å². The van der Waals surface area contributed by atoms with E-state index in [1.165, 1.54) is 22.7 Å². The molecule has 0 spiro atoms. The number of benzene rings is 1. The first kappa shape index (κ1) is 15.7. The summed E-state index contributed by atoms with van der Waals surface area (Å²) in [6.07, 6.45) is 0. The van der Waals surface area contributed by atoms with Crippen LogP contribution in [0, 0.1) is 6.92 Å². The lowest BCUT2D eigenvalue weighted by atomic mass is 10.1. The van der Waals surface area contributed by atoms with Crippen molar-refractivity contribution in [3.63, 3.8) is 0 Å². The van der Waals surface area contributed by atoms with Crippen molar-refractivity contribution in [1.29, 1.82) is 0 Å². The van der Waals surface area contributed by atoms with Gasteiger partial charge in [0, 0.05) is 12.6 Å². The maximum atomic E-state index is 12.1. The van der Waals surface area contributed by atoms with Crippen LogP contribution in [-0.4, -0.2) is 32.8 Å². The summed E-state index contributed by atoms with van der Waals surface area (Å²) in [6.45, 7) is 1.93. The smallest absolute Gasteiger partial charge is 0.271 e. The molecular weight excluding hydrogens is 334 g/mol. The first-order valence-corrected chi connectivity index (χ1v) is 9.35. The molecule has 120 valence electrons. The predicted molar refractivity (Wildman–Crippen MR) is 91.7 cm³/mol. The summed E-state index contributed by atoms with van der Waals surface area (Å²) < 4.78 is 25.5. The molecule has 1 aromatic carbocycles. The molecule has 0 radical (unpaired) electrons. The van der Waals surface area contributed by atoms with Crippen LogP contribution in [0.1, 0.15) is 20.8 Å². The van der Waals surface area contributed by atoms with Crippen LogP contribution in [-0.2, 0) is 10.0 Å². The third-order valence-electron chi connectivity index (χ3n) is 3.59. The second kappa shape index (κ2) is 5.78. The summed E-state index contributed by atoms with van der Waals surface area (Å²) in [5.74, 6) is -0.600. The summed E-state index contributed by atoms with van der Waals surface area (Å²) in [6, 6.07) is 8.80. The maximum Gasteiger partial charge on any atom is 0.271 e. The lowest BCUT2D eigenvalue weighted by Gasteiger charge is -2.25. The second-order valence-electron chi connectivity index (χ2n) is 5.22. The molecule has 0 bridgehead atoms. The molecule has 8 heteroatoms. The standard InChI is InChI=1S/C15H15N3O3S2/c1-10-3-5-11(6-4-10)15(19)17-16-12-9-23(20,21)18(2)13-7-8-22-14(12)13/h3-8H,9H2,1-2H3,(H,17,19). The van der Waals surface area contributed by atoms with Gasteiger partial charge in [0.1, 0.15) is 5.75 Å². The molecule has 1 N–H and O–H groups in total. The highest BCUT2D eigenvalue weighted by Gasteiger charge is 2.32. The first-order valence-electron chi connectivity index (χ1n) is 6.86. The normalized spacial score (nSPS) is 17.8. The monoisotopic (exact) mass is 349 g/mol.